The molecule has 1 aromatic carbocycles. The van der Waals surface area contributed by atoms with Gasteiger partial charge in [0.15, 0.2) is 0 Å². The van der Waals surface area contributed by atoms with Gasteiger partial charge in [-0.3, -0.25) is 0 Å². The van der Waals surface area contributed by atoms with Crippen LogP contribution in [0.4, 0.5) is 0 Å². The second-order valence-electron chi connectivity index (χ2n) is 6.24. The number of rotatable bonds is 5. The van der Waals surface area contributed by atoms with E-state index in [1.165, 1.54) is 4.31 Å². The van der Waals surface area contributed by atoms with E-state index in [9.17, 15) is 13.2 Å². The minimum atomic E-state index is -3.42. The Balaban J connectivity index is 1.63. The van der Waals surface area contributed by atoms with Crippen molar-refractivity contribution in [1.29, 1.82) is 0 Å². The van der Waals surface area contributed by atoms with Crippen molar-refractivity contribution in [3.8, 4) is 0 Å². The van der Waals surface area contributed by atoms with Crippen LogP contribution in [0.3, 0.4) is 0 Å². The molecule has 24 heavy (non-hydrogen) atoms. The highest BCUT2D eigenvalue weighted by Gasteiger charge is 2.36. The van der Waals surface area contributed by atoms with Crippen LogP contribution in [-0.2, 0) is 21.4 Å². The van der Waals surface area contributed by atoms with Crippen molar-refractivity contribution in [1.82, 2.24) is 8.61 Å². The van der Waals surface area contributed by atoms with Gasteiger partial charge in [-0.15, -0.1) is 0 Å². The lowest BCUT2D eigenvalue weighted by molar-refractivity contribution is 0.0696. The third-order valence-corrected chi connectivity index (χ3v) is 6.57. The van der Waals surface area contributed by atoms with Crippen molar-refractivity contribution in [2.45, 2.75) is 12.8 Å². The molecule has 0 saturated carbocycles. The summed E-state index contributed by atoms with van der Waals surface area (Å²) in [6, 6.07) is 6.86. The van der Waals surface area contributed by atoms with Gasteiger partial charge in [0, 0.05) is 26.2 Å². The first-order chi connectivity index (χ1) is 11.5. The Labute approximate surface area is 142 Å². The van der Waals surface area contributed by atoms with Crippen LogP contribution in [0.25, 0.3) is 0 Å². The summed E-state index contributed by atoms with van der Waals surface area (Å²) in [5.41, 5.74) is 1.20. The summed E-state index contributed by atoms with van der Waals surface area (Å²) in [5, 5.41) is 9.06. The van der Waals surface area contributed by atoms with Crippen molar-refractivity contribution in [2.75, 3.05) is 39.4 Å². The zero-order valence-electron chi connectivity index (χ0n) is 13.4. The maximum atomic E-state index is 12.6. The summed E-state index contributed by atoms with van der Waals surface area (Å²) < 4.78 is 33.5. The van der Waals surface area contributed by atoms with E-state index in [0.717, 1.165) is 12.0 Å². The normalized spacial score (nSPS) is 23.4. The smallest absolute Gasteiger partial charge is 0.335 e. The first-order valence-corrected chi connectivity index (χ1v) is 9.52. The van der Waals surface area contributed by atoms with Gasteiger partial charge in [0.2, 0.25) is 0 Å². The van der Waals surface area contributed by atoms with Crippen LogP contribution >= 0.6 is 0 Å². The summed E-state index contributed by atoms with van der Waals surface area (Å²) in [4.78, 5) is 11.0. The Morgan fingerprint density at radius 3 is 2.67 bits per heavy atom. The van der Waals surface area contributed by atoms with Crippen molar-refractivity contribution < 1.29 is 23.1 Å². The second-order valence-corrected chi connectivity index (χ2v) is 8.17. The molecule has 1 atom stereocenters. The number of nitrogens with zero attached hydrogens (tertiary/aromatic N) is 2. The fourth-order valence-corrected chi connectivity index (χ4v) is 4.95. The van der Waals surface area contributed by atoms with E-state index in [0.29, 0.717) is 45.8 Å². The molecule has 2 heterocycles. The van der Waals surface area contributed by atoms with Gasteiger partial charge in [-0.05, 0) is 36.5 Å². The number of aromatic carboxylic acids is 1. The van der Waals surface area contributed by atoms with Crippen LogP contribution in [0, 0.1) is 5.92 Å². The highest BCUT2D eigenvalue weighted by atomic mass is 32.2. The van der Waals surface area contributed by atoms with Crippen molar-refractivity contribution in [3.05, 3.63) is 35.4 Å². The quantitative estimate of drug-likeness (QED) is 0.846. The fourth-order valence-electron chi connectivity index (χ4n) is 3.28. The lowest BCUT2D eigenvalue weighted by Gasteiger charge is -2.30. The zero-order valence-corrected chi connectivity index (χ0v) is 14.2. The number of morpholine rings is 1. The minimum absolute atomic E-state index is 0.213. The van der Waals surface area contributed by atoms with Gasteiger partial charge in [-0.25, -0.2) is 4.79 Å². The SMILES string of the molecule is O=C(O)c1cccc(C[C@H]2CCN(S(=O)(=O)N3CCOCC3)C2)c1. The van der Waals surface area contributed by atoms with Gasteiger partial charge in [0.05, 0.1) is 18.8 Å². The van der Waals surface area contributed by atoms with Gasteiger partial charge >= 0.3 is 5.97 Å². The van der Waals surface area contributed by atoms with E-state index in [2.05, 4.69) is 0 Å². The molecule has 3 rings (SSSR count). The van der Waals surface area contributed by atoms with Crippen LogP contribution in [0.1, 0.15) is 22.3 Å². The number of hydrogen-bond acceptors (Lipinski definition) is 4. The molecule has 0 aromatic heterocycles. The summed E-state index contributed by atoms with van der Waals surface area (Å²) in [5.74, 6) is -0.732. The van der Waals surface area contributed by atoms with Crippen molar-refractivity contribution in [3.63, 3.8) is 0 Å². The maximum absolute atomic E-state index is 12.6. The van der Waals surface area contributed by atoms with Gasteiger partial charge < -0.3 is 9.84 Å². The Bertz CT molecular complexity index is 700. The van der Waals surface area contributed by atoms with Gasteiger partial charge in [-0.1, -0.05) is 12.1 Å². The predicted octanol–water partition coefficient (Wildman–Crippen LogP) is 0.826. The number of ether oxygens (including phenoxy) is 1. The Morgan fingerprint density at radius 1 is 1.21 bits per heavy atom. The first kappa shape index (κ1) is 17.3. The molecule has 0 radical (unpaired) electrons. The summed E-state index contributed by atoms with van der Waals surface area (Å²) >= 11 is 0. The molecule has 2 fully saturated rings. The minimum Gasteiger partial charge on any atom is -0.478 e. The molecule has 2 aliphatic heterocycles. The third kappa shape index (κ3) is 3.77. The molecule has 0 spiro atoms. The van der Waals surface area contributed by atoms with Crippen LogP contribution in [-0.4, -0.2) is 67.5 Å². The zero-order chi connectivity index (χ0) is 17.2. The van der Waals surface area contributed by atoms with Gasteiger partial charge in [0.1, 0.15) is 0 Å². The third-order valence-electron chi connectivity index (χ3n) is 4.57. The molecule has 2 aliphatic rings. The van der Waals surface area contributed by atoms with Crippen LogP contribution in [0.2, 0.25) is 0 Å². The van der Waals surface area contributed by atoms with Gasteiger partial charge in [0.25, 0.3) is 10.2 Å². The largest absolute Gasteiger partial charge is 0.478 e. The second kappa shape index (κ2) is 7.18. The Hall–Kier alpha value is -1.48. The molecule has 1 aromatic rings. The van der Waals surface area contributed by atoms with E-state index in [4.69, 9.17) is 9.84 Å². The molecule has 0 aliphatic carbocycles. The fraction of sp³-hybridized carbons (Fsp3) is 0.562. The standard InChI is InChI=1S/C16H22N2O5S/c19-16(20)15-3-1-2-13(11-15)10-14-4-5-18(12-14)24(21,22)17-6-8-23-9-7-17/h1-3,11,14H,4-10,12H2,(H,19,20)/t14-/m1/s1. The average molecular weight is 354 g/mol. The van der Waals surface area contributed by atoms with Crippen molar-refractivity contribution >= 4 is 16.2 Å². The lowest BCUT2D eigenvalue weighted by atomic mass is 9.97. The summed E-state index contributed by atoms with van der Waals surface area (Å²) in [7, 11) is -3.42. The number of benzene rings is 1. The Kier molecular flexibility index (Phi) is 5.19. The summed E-state index contributed by atoms with van der Waals surface area (Å²) in [6.45, 7) is 2.70. The molecule has 2 saturated heterocycles. The van der Waals surface area contributed by atoms with Crippen LogP contribution < -0.4 is 0 Å². The summed E-state index contributed by atoms with van der Waals surface area (Å²) in [6.07, 6.45) is 1.48. The molecule has 0 bridgehead atoms. The first-order valence-electron chi connectivity index (χ1n) is 8.12. The molecular formula is C16H22N2O5S. The average Bonchev–Trinajstić information content (AvgIpc) is 3.05. The molecule has 0 amide bonds. The van der Waals surface area contributed by atoms with E-state index >= 15 is 0 Å². The number of carbonyl (C=O) groups is 1. The highest BCUT2D eigenvalue weighted by molar-refractivity contribution is 7.86. The number of hydrogen-bond donors (Lipinski definition) is 1. The highest BCUT2D eigenvalue weighted by Crippen LogP contribution is 2.25. The molecule has 0 unspecified atom stereocenters. The van der Waals surface area contributed by atoms with E-state index in [-0.39, 0.29) is 11.5 Å². The van der Waals surface area contributed by atoms with Crippen molar-refractivity contribution in [2.24, 2.45) is 5.92 Å². The van der Waals surface area contributed by atoms with E-state index in [1.807, 2.05) is 6.07 Å². The topological polar surface area (TPSA) is 87.2 Å². The predicted molar refractivity (Wildman–Crippen MR) is 88.1 cm³/mol. The van der Waals surface area contributed by atoms with Gasteiger partial charge in [-0.2, -0.15) is 17.0 Å². The van der Waals surface area contributed by atoms with Crippen LogP contribution in [0.5, 0.6) is 0 Å². The van der Waals surface area contributed by atoms with E-state index < -0.39 is 16.2 Å². The molecule has 7 nitrogen and oxygen atoms in total. The molecule has 1 N–H and O–H groups in total. The number of carboxylic acid groups (broad SMARTS) is 1. The number of carboxylic acids is 1. The molecule has 8 heteroatoms. The monoisotopic (exact) mass is 354 g/mol. The lowest BCUT2D eigenvalue weighted by Crippen LogP contribution is -2.47. The van der Waals surface area contributed by atoms with Crippen LogP contribution in [0.15, 0.2) is 24.3 Å². The van der Waals surface area contributed by atoms with E-state index in [1.54, 1.807) is 22.5 Å². The maximum Gasteiger partial charge on any atom is 0.335 e. The Morgan fingerprint density at radius 2 is 1.96 bits per heavy atom. The molecular weight excluding hydrogens is 332 g/mol. The molecule has 132 valence electrons.